The number of pyridine rings is 1. The van der Waals surface area contributed by atoms with E-state index in [2.05, 4.69) is 34.5 Å². The van der Waals surface area contributed by atoms with Crippen molar-refractivity contribution < 1.29 is 19.0 Å². The molecule has 0 unspecified atom stereocenters. The Labute approximate surface area is 230 Å². The number of rotatable bonds is 9. The molecule has 206 valence electrons. The Morgan fingerprint density at radius 2 is 1.82 bits per heavy atom. The zero-order valence-corrected chi connectivity index (χ0v) is 22.8. The van der Waals surface area contributed by atoms with E-state index in [9.17, 15) is 4.79 Å². The van der Waals surface area contributed by atoms with Crippen molar-refractivity contribution in [2.75, 3.05) is 58.5 Å². The normalized spacial score (nSPS) is 18.5. The third kappa shape index (κ3) is 6.95. The Morgan fingerprint density at radius 1 is 1.05 bits per heavy atom. The molecule has 2 fully saturated rings. The van der Waals surface area contributed by atoms with Gasteiger partial charge in [0.25, 0.3) is 5.91 Å². The van der Waals surface area contributed by atoms with Crippen LogP contribution in [-0.2, 0) is 16.0 Å². The summed E-state index contributed by atoms with van der Waals surface area (Å²) in [5, 5.41) is 3.29. The predicted molar refractivity (Wildman–Crippen MR) is 152 cm³/mol. The Balaban J connectivity index is 1.31. The monoisotopic (exact) mass is 530 g/mol. The number of methoxy groups -OCH3 is 1. The molecule has 1 amide bonds. The molecule has 0 bridgehead atoms. The van der Waals surface area contributed by atoms with Crippen molar-refractivity contribution in [3.63, 3.8) is 0 Å². The Hall–Kier alpha value is -3.46. The van der Waals surface area contributed by atoms with Gasteiger partial charge in [-0.1, -0.05) is 42.5 Å². The first-order valence-electron chi connectivity index (χ1n) is 13.7. The highest BCUT2D eigenvalue weighted by atomic mass is 16.6. The van der Waals surface area contributed by atoms with Gasteiger partial charge >= 0.3 is 0 Å². The number of carbonyl (C=O) groups excluding carboxylic acids is 1. The van der Waals surface area contributed by atoms with E-state index < -0.39 is 0 Å². The minimum Gasteiger partial charge on any atom is -0.496 e. The minimum absolute atomic E-state index is 0.0784. The molecule has 0 radical (unpaired) electrons. The van der Waals surface area contributed by atoms with Crippen molar-refractivity contribution in [3.8, 4) is 17.0 Å². The van der Waals surface area contributed by atoms with Crippen molar-refractivity contribution >= 4 is 11.7 Å². The summed E-state index contributed by atoms with van der Waals surface area (Å²) in [4.78, 5) is 23.0. The van der Waals surface area contributed by atoms with E-state index in [-0.39, 0.29) is 18.1 Å². The SMILES string of the molecule is COc1ccccc1-c1ccc(C(=O)NC2CCN(Cc3ccccc3)CC2)c(N(C)C[C@H]2COCCO2)n1. The van der Waals surface area contributed by atoms with Gasteiger partial charge in [0.2, 0.25) is 0 Å². The molecule has 39 heavy (non-hydrogen) atoms. The number of hydrogen-bond donors (Lipinski definition) is 1. The van der Waals surface area contributed by atoms with Gasteiger partial charge in [-0.25, -0.2) is 4.98 Å². The summed E-state index contributed by atoms with van der Waals surface area (Å²) in [6.07, 6.45) is 1.76. The summed E-state index contributed by atoms with van der Waals surface area (Å²) in [5.41, 5.74) is 3.51. The zero-order valence-electron chi connectivity index (χ0n) is 22.8. The molecule has 3 aromatic rings. The van der Waals surface area contributed by atoms with Crippen LogP contribution in [0.15, 0.2) is 66.7 Å². The van der Waals surface area contributed by atoms with E-state index in [4.69, 9.17) is 19.2 Å². The fourth-order valence-electron chi connectivity index (χ4n) is 5.30. The number of para-hydroxylation sites is 1. The highest BCUT2D eigenvalue weighted by molar-refractivity contribution is 5.99. The second kappa shape index (κ2) is 13.1. The van der Waals surface area contributed by atoms with Crippen LogP contribution in [0.3, 0.4) is 0 Å². The van der Waals surface area contributed by atoms with Crippen LogP contribution in [0.2, 0.25) is 0 Å². The van der Waals surface area contributed by atoms with Crippen LogP contribution in [0, 0.1) is 0 Å². The molecule has 0 saturated carbocycles. The van der Waals surface area contributed by atoms with Gasteiger partial charge in [-0.3, -0.25) is 9.69 Å². The van der Waals surface area contributed by atoms with Crippen molar-refractivity contribution in [2.24, 2.45) is 0 Å². The Morgan fingerprint density at radius 3 is 2.56 bits per heavy atom. The number of nitrogens with one attached hydrogen (secondary N) is 1. The average molecular weight is 531 g/mol. The van der Waals surface area contributed by atoms with Gasteiger partial charge in [0.1, 0.15) is 11.6 Å². The summed E-state index contributed by atoms with van der Waals surface area (Å²) >= 11 is 0. The summed E-state index contributed by atoms with van der Waals surface area (Å²) in [6, 6.07) is 22.2. The lowest BCUT2D eigenvalue weighted by molar-refractivity contribution is -0.0837. The fourth-order valence-corrected chi connectivity index (χ4v) is 5.30. The molecule has 1 N–H and O–H groups in total. The van der Waals surface area contributed by atoms with Gasteiger partial charge in [0.05, 0.1) is 44.3 Å². The number of hydrogen-bond acceptors (Lipinski definition) is 7. The van der Waals surface area contributed by atoms with Gasteiger partial charge in [-0.15, -0.1) is 0 Å². The summed E-state index contributed by atoms with van der Waals surface area (Å²) in [7, 11) is 3.60. The van der Waals surface area contributed by atoms with Gasteiger partial charge in [-0.05, 0) is 42.7 Å². The molecule has 5 rings (SSSR count). The number of likely N-dealkylation sites (tertiary alicyclic amines) is 1. The molecular weight excluding hydrogens is 492 g/mol. The molecule has 1 aromatic heterocycles. The Kier molecular flexibility index (Phi) is 9.08. The van der Waals surface area contributed by atoms with E-state index in [1.165, 1.54) is 5.56 Å². The highest BCUT2D eigenvalue weighted by Gasteiger charge is 2.26. The van der Waals surface area contributed by atoms with Crippen LogP contribution < -0.4 is 15.0 Å². The lowest BCUT2D eigenvalue weighted by Gasteiger charge is -2.33. The molecule has 2 aliphatic heterocycles. The van der Waals surface area contributed by atoms with Crippen LogP contribution in [0.1, 0.15) is 28.8 Å². The quantitative estimate of drug-likeness (QED) is 0.448. The van der Waals surface area contributed by atoms with Crippen molar-refractivity contribution in [1.29, 1.82) is 0 Å². The van der Waals surface area contributed by atoms with Crippen molar-refractivity contribution in [2.45, 2.75) is 31.5 Å². The second-order valence-corrected chi connectivity index (χ2v) is 10.2. The Bertz CT molecular complexity index is 1220. The number of carbonyl (C=O) groups is 1. The molecule has 8 heteroatoms. The second-order valence-electron chi connectivity index (χ2n) is 10.2. The van der Waals surface area contributed by atoms with Gasteiger partial charge < -0.3 is 24.4 Å². The first-order valence-corrected chi connectivity index (χ1v) is 13.7. The molecule has 0 spiro atoms. The minimum atomic E-state index is -0.0988. The third-order valence-corrected chi connectivity index (χ3v) is 7.40. The first kappa shape index (κ1) is 27.1. The van der Waals surface area contributed by atoms with Crippen molar-refractivity contribution in [1.82, 2.24) is 15.2 Å². The standard InChI is InChI=1S/C31H38N4O4/c1-34(21-25-22-38-18-19-39-25)30-27(12-13-28(33-30)26-10-6-7-11-29(26)37-2)31(36)32-24-14-16-35(17-15-24)20-23-8-4-3-5-9-23/h3-13,24-25H,14-22H2,1-2H3,(H,32,36)/t25-/m0/s1. The number of amides is 1. The summed E-state index contributed by atoms with van der Waals surface area (Å²) < 4.78 is 17.0. The molecule has 8 nitrogen and oxygen atoms in total. The number of ether oxygens (including phenoxy) is 3. The number of anilines is 1. The maximum absolute atomic E-state index is 13.6. The van der Waals surface area contributed by atoms with E-state index in [0.717, 1.165) is 49.5 Å². The summed E-state index contributed by atoms with van der Waals surface area (Å²) in [6.45, 7) is 5.13. The fraction of sp³-hybridized carbons (Fsp3) is 0.419. The van der Waals surface area contributed by atoms with Gasteiger partial charge in [0, 0.05) is 44.8 Å². The smallest absolute Gasteiger partial charge is 0.255 e. The number of aromatic nitrogens is 1. The molecule has 0 aliphatic carbocycles. The van der Waals surface area contributed by atoms with Crippen LogP contribution in [0.4, 0.5) is 5.82 Å². The van der Waals surface area contributed by atoms with Crippen LogP contribution in [-0.4, -0.2) is 81.5 Å². The topological polar surface area (TPSA) is 76.2 Å². The molecule has 2 aromatic carbocycles. The molecule has 3 heterocycles. The predicted octanol–water partition coefficient (Wildman–Crippen LogP) is 4.00. The summed E-state index contributed by atoms with van der Waals surface area (Å²) in [5.74, 6) is 1.26. The molecule has 2 saturated heterocycles. The van der Waals surface area contributed by atoms with Crippen molar-refractivity contribution in [3.05, 3.63) is 77.9 Å². The molecule has 2 aliphatic rings. The molecule has 1 atom stereocenters. The van der Waals surface area contributed by atoms with E-state index in [1.807, 2.05) is 54.4 Å². The third-order valence-electron chi connectivity index (χ3n) is 7.40. The maximum atomic E-state index is 13.6. The largest absolute Gasteiger partial charge is 0.496 e. The lowest BCUT2D eigenvalue weighted by atomic mass is 10.0. The zero-order chi connectivity index (χ0) is 27.0. The number of nitrogens with zero attached hydrogens (tertiary/aromatic N) is 3. The number of benzene rings is 2. The highest BCUT2D eigenvalue weighted by Crippen LogP contribution is 2.31. The first-order chi connectivity index (χ1) is 19.1. The maximum Gasteiger partial charge on any atom is 0.255 e. The lowest BCUT2D eigenvalue weighted by Crippen LogP contribution is -2.45. The van der Waals surface area contributed by atoms with Crippen LogP contribution in [0.25, 0.3) is 11.3 Å². The molecular formula is C31H38N4O4. The number of likely N-dealkylation sites (N-methyl/N-ethyl adjacent to an activating group) is 1. The van der Waals surface area contributed by atoms with Gasteiger partial charge in [-0.2, -0.15) is 0 Å². The van der Waals surface area contributed by atoms with Crippen LogP contribution in [0.5, 0.6) is 5.75 Å². The van der Waals surface area contributed by atoms with Crippen LogP contribution >= 0.6 is 0 Å². The van der Waals surface area contributed by atoms with E-state index in [1.54, 1.807) is 7.11 Å². The average Bonchev–Trinajstić information content (AvgIpc) is 2.99. The van der Waals surface area contributed by atoms with Gasteiger partial charge in [0.15, 0.2) is 0 Å². The van der Waals surface area contributed by atoms with E-state index >= 15 is 0 Å². The van der Waals surface area contributed by atoms with E-state index in [0.29, 0.717) is 37.7 Å². The number of piperidine rings is 1.